The number of carbonyl (C=O) groups excluding carboxylic acids is 1. The molecule has 1 unspecified atom stereocenters. The molecule has 0 radical (unpaired) electrons. The molecule has 2 aromatic carbocycles. The first-order valence-electron chi connectivity index (χ1n) is 8.16. The van der Waals surface area contributed by atoms with Crippen LogP contribution in [0.25, 0.3) is 16.6 Å². The molecule has 0 aliphatic carbocycles. The van der Waals surface area contributed by atoms with Crippen LogP contribution >= 0.6 is 0 Å². The summed E-state index contributed by atoms with van der Waals surface area (Å²) in [6.07, 6.45) is 1.72. The van der Waals surface area contributed by atoms with Crippen molar-refractivity contribution in [3.05, 3.63) is 60.0 Å². The van der Waals surface area contributed by atoms with Gasteiger partial charge >= 0.3 is 5.97 Å². The number of benzene rings is 2. The van der Waals surface area contributed by atoms with Crippen molar-refractivity contribution in [2.75, 3.05) is 7.11 Å². The molecular formula is C19H21FN4O2. The maximum absolute atomic E-state index is 13.1. The number of halogens is 1. The predicted molar refractivity (Wildman–Crippen MR) is 96.9 cm³/mol. The average Bonchev–Trinajstić information content (AvgIpc) is 3.05. The van der Waals surface area contributed by atoms with Crippen LogP contribution < -0.4 is 11.3 Å². The van der Waals surface area contributed by atoms with Gasteiger partial charge in [-0.1, -0.05) is 6.07 Å². The first-order valence-corrected chi connectivity index (χ1v) is 8.16. The second-order valence-electron chi connectivity index (χ2n) is 6.66. The van der Waals surface area contributed by atoms with Gasteiger partial charge in [-0.05, 0) is 55.8 Å². The lowest BCUT2D eigenvalue weighted by molar-refractivity contribution is -0.152. The van der Waals surface area contributed by atoms with Gasteiger partial charge in [-0.2, -0.15) is 5.10 Å². The molecule has 0 aliphatic rings. The molecule has 0 spiro atoms. The second kappa shape index (κ2) is 6.86. The molecule has 0 amide bonds. The van der Waals surface area contributed by atoms with E-state index in [0.29, 0.717) is 0 Å². The van der Waals surface area contributed by atoms with Crippen molar-refractivity contribution >= 4 is 16.9 Å². The maximum Gasteiger partial charge on any atom is 0.313 e. The Kier molecular flexibility index (Phi) is 4.76. The van der Waals surface area contributed by atoms with Gasteiger partial charge in [0.05, 0.1) is 36.0 Å². The van der Waals surface area contributed by atoms with E-state index in [1.54, 1.807) is 36.9 Å². The summed E-state index contributed by atoms with van der Waals surface area (Å²) in [5.74, 6) is 5.07. The normalized spacial score (nSPS) is 13.0. The van der Waals surface area contributed by atoms with Gasteiger partial charge in [0.1, 0.15) is 5.82 Å². The number of esters is 1. The molecule has 0 bridgehead atoms. The van der Waals surface area contributed by atoms with Crippen molar-refractivity contribution < 1.29 is 13.9 Å². The highest BCUT2D eigenvalue weighted by molar-refractivity contribution is 5.82. The third kappa shape index (κ3) is 3.07. The van der Waals surface area contributed by atoms with Crippen molar-refractivity contribution in [1.29, 1.82) is 0 Å². The molecule has 0 saturated heterocycles. The van der Waals surface area contributed by atoms with E-state index < -0.39 is 11.5 Å². The SMILES string of the molecule is COC(=O)C(C)(C)C(NN)c1ccc2c(cnn2-c2ccc(F)cc2)c1. The van der Waals surface area contributed by atoms with E-state index >= 15 is 0 Å². The molecule has 3 N–H and O–H groups in total. The Morgan fingerprint density at radius 1 is 1.27 bits per heavy atom. The van der Waals surface area contributed by atoms with Gasteiger partial charge in [-0.3, -0.25) is 16.1 Å². The van der Waals surface area contributed by atoms with Crippen LogP contribution in [0.2, 0.25) is 0 Å². The lowest BCUT2D eigenvalue weighted by Crippen LogP contribution is -2.43. The van der Waals surface area contributed by atoms with Crippen LogP contribution in [-0.4, -0.2) is 22.9 Å². The number of nitrogens with two attached hydrogens (primary N) is 1. The number of fused-ring (bicyclic) bond motifs is 1. The maximum atomic E-state index is 13.1. The highest BCUT2D eigenvalue weighted by Crippen LogP contribution is 2.35. The van der Waals surface area contributed by atoms with Gasteiger partial charge in [0.2, 0.25) is 0 Å². The molecule has 1 atom stereocenters. The van der Waals surface area contributed by atoms with E-state index in [1.165, 1.54) is 19.2 Å². The van der Waals surface area contributed by atoms with E-state index in [-0.39, 0.29) is 11.8 Å². The van der Waals surface area contributed by atoms with Crippen molar-refractivity contribution in [2.45, 2.75) is 19.9 Å². The second-order valence-corrected chi connectivity index (χ2v) is 6.66. The fraction of sp³-hybridized carbons (Fsp3) is 0.263. The summed E-state index contributed by atoms with van der Waals surface area (Å²) >= 11 is 0. The topological polar surface area (TPSA) is 82.2 Å². The molecule has 1 aromatic heterocycles. The fourth-order valence-electron chi connectivity index (χ4n) is 3.12. The monoisotopic (exact) mass is 356 g/mol. The Morgan fingerprint density at radius 3 is 2.58 bits per heavy atom. The average molecular weight is 356 g/mol. The lowest BCUT2D eigenvalue weighted by Gasteiger charge is -2.31. The molecule has 0 aliphatic heterocycles. The number of rotatable bonds is 5. The first kappa shape index (κ1) is 18.0. The minimum atomic E-state index is -0.857. The van der Waals surface area contributed by atoms with Crippen LogP contribution in [0.3, 0.4) is 0 Å². The van der Waals surface area contributed by atoms with Gasteiger partial charge in [0.15, 0.2) is 0 Å². The summed E-state index contributed by atoms with van der Waals surface area (Å²) < 4.78 is 19.8. The largest absolute Gasteiger partial charge is 0.469 e. The Balaban J connectivity index is 2.02. The molecule has 7 heteroatoms. The molecule has 0 fully saturated rings. The summed E-state index contributed by atoms with van der Waals surface area (Å²) in [7, 11) is 1.35. The molecule has 0 saturated carbocycles. The first-order chi connectivity index (χ1) is 12.4. The van der Waals surface area contributed by atoms with E-state index in [9.17, 15) is 9.18 Å². The number of hydrogen-bond acceptors (Lipinski definition) is 5. The number of methoxy groups -OCH3 is 1. The Labute approximate surface area is 150 Å². The van der Waals surface area contributed by atoms with Crippen LogP contribution in [-0.2, 0) is 9.53 Å². The van der Waals surface area contributed by atoms with Crippen LogP contribution in [0.5, 0.6) is 0 Å². The number of hydrogen-bond donors (Lipinski definition) is 2. The molecular weight excluding hydrogens is 335 g/mol. The number of carbonyl (C=O) groups is 1. The third-order valence-electron chi connectivity index (χ3n) is 4.60. The summed E-state index contributed by atoms with van der Waals surface area (Å²) in [6.45, 7) is 3.55. The minimum absolute atomic E-state index is 0.297. The van der Waals surface area contributed by atoms with Crippen molar-refractivity contribution in [3.63, 3.8) is 0 Å². The minimum Gasteiger partial charge on any atom is -0.469 e. The van der Waals surface area contributed by atoms with E-state index in [0.717, 1.165) is 22.2 Å². The van der Waals surface area contributed by atoms with E-state index in [1.807, 2.05) is 18.2 Å². The van der Waals surface area contributed by atoms with Crippen LogP contribution in [0.4, 0.5) is 4.39 Å². The lowest BCUT2D eigenvalue weighted by atomic mass is 9.80. The highest BCUT2D eigenvalue weighted by atomic mass is 19.1. The zero-order valence-electron chi connectivity index (χ0n) is 14.9. The molecule has 136 valence electrons. The van der Waals surface area contributed by atoms with Gasteiger partial charge in [-0.25, -0.2) is 9.07 Å². The Morgan fingerprint density at radius 2 is 1.96 bits per heavy atom. The quantitative estimate of drug-likeness (QED) is 0.417. The smallest absolute Gasteiger partial charge is 0.313 e. The Bertz CT molecular complexity index is 934. The van der Waals surface area contributed by atoms with Crippen LogP contribution in [0, 0.1) is 11.2 Å². The van der Waals surface area contributed by atoms with Gasteiger partial charge in [0, 0.05) is 5.39 Å². The van der Waals surface area contributed by atoms with Crippen molar-refractivity contribution in [3.8, 4) is 5.69 Å². The summed E-state index contributed by atoms with van der Waals surface area (Å²) in [4.78, 5) is 12.1. The molecule has 6 nitrogen and oxygen atoms in total. The molecule has 3 rings (SSSR count). The highest BCUT2D eigenvalue weighted by Gasteiger charge is 2.38. The summed E-state index contributed by atoms with van der Waals surface area (Å²) in [5.41, 5.74) is 4.33. The number of nitrogens with one attached hydrogen (secondary N) is 1. The van der Waals surface area contributed by atoms with Gasteiger partial charge in [0.25, 0.3) is 0 Å². The molecule has 3 aromatic rings. The molecule has 1 heterocycles. The number of nitrogens with zero attached hydrogens (tertiary/aromatic N) is 2. The van der Waals surface area contributed by atoms with E-state index in [4.69, 9.17) is 10.6 Å². The zero-order valence-corrected chi connectivity index (χ0v) is 14.9. The number of aromatic nitrogens is 2. The zero-order chi connectivity index (χ0) is 18.9. The van der Waals surface area contributed by atoms with Crippen molar-refractivity contribution in [1.82, 2.24) is 15.2 Å². The van der Waals surface area contributed by atoms with Crippen molar-refractivity contribution in [2.24, 2.45) is 11.3 Å². The number of ether oxygens (including phenoxy) is 1. The fourth-order valence-corrected chi connectivity index (χ4v) is 3.12. The van der Waals surface area contributed by atoms with Crippen LogP contribution in [0.1, 0.15) is 25.5 Å². The number of hydrazine groups is 1. The third-order valence-corrected chi connectivity index (χ3v) is 4.60. The van der Waals surface area contributed by atoms with Gasteiger partial charge in [-0.15, -0.1) is 0 Å². The standard InChI is InChI=1S/C19H21FN4O2/c1-19(2,18(25)26-3)17(23-21)12-4-9-16-13(10-12)11-22-24(16)15-7-5-14(20)6-8-15/h4-11,17,23H,21H2,1-3H3. The van der Waals surface area contributed by atoms with Crippen LogP contribution in [0.15, 0.2) is 48.7 Å². The summed E-state index contributed by atoms with van der Waals surface area (Å²) in [6, 6.07) is 11.4. The molecule has 26 heavy (non-hydrogen) atoms. The predicted octanol–water partition coefficient (Wildman–Crippen LogP) is 2.87. The Hall–Kier alpha value is -2.77. The summed E-state index contributed by atoms with van der Waals surface area (Å²) in [5, 5.41) is 5.27. The van der Waals surface area contributed by atoms with E-state index in [2.05, 4.69) is 10.5 Å². The van der Waals surface area contributed by atoms with Gasteiger partial charge < -0.3 is 4.74 Å².